The Morgan fingerprint density at radius 3 is 1.51 bits per heavy atom. The molecule has 296 valence electrons. The number of likely N-dealkylation sites (N-methyl/N-ethyl adjacent to an activating group) is 2. The lowest BCUT2D eigenvalue weighted by Gasteiger charge is -2.25. The van der Waals surface area contributed by atoms with E-state index in [1.807, 2.05) is 44.4 Å². The first-order chi connectivity index (χ1) is 26.8. The molecule has 4 aromatic rings. The number of para-hydroxylation sites is 1. The topological polar surface area (TPSA) is 144 Å². The molecule has 1 aliphatic carbocycles. The summed E-state index contributed by atoms with van der Waals surface area (Å²) >= 11 is 0. The summed E-state index contributed by atoms with van der Waals surface area (Å²) in [7, 11) is -4.81. The SMILES string of the molecule is CN1/C(=C\C=C2/CCC/C(=C\C=C3/N(C)c4ccc(S(=O)(=O)O)cc4C3(C)C)C2=[N+](c2ccccc2)c2ccc(CN)cc2)C(C)(C)c2cc(S(=O)(=O)O)ccc21. The third-order valence-electron chi connectivity index (χ3n) is 11.7. The first-order valence-electron chi connectivity index (χ1n) is 18.9. The lowest BCUT2D eigenvalue weighted by molar-refractivity contribution is 0.480. The number of fused-ring (bicyclic) bond motifs is 2. The molecule has 7 rings (SSSR count). The monoisotopic (exact) mass is 805 g/mol. The van der Waals surface area contributed by atoms with Crippen molar-refractivity contribution < 1.29 is 25.9 Å². The number of nitrogens with two attached hydrogens (primary N) is 1. The van der Waals surface area contributed by atoms with Crippen molar-refractivity contribution in [1.82, 2.24) is 4.58 Å². The smallest absolute Gasteiger partial charge is 0.294 e. The van der Waals surface area contributed by atoms with Crippen LogP contribution in [-0.4, -0.2) is 45.7 Å². The van der Waals surface area contributed by atoms with E-state index in [1.165, 1.54) is 12.1 Å². The fourth-order valence-corrected chi connectivity index (χ4v) is 9.61. The second kappa shape index (κ2) is 14.7. The predicted octanol–water partition coefficient (Wildman–Crippen LogP) is 8.57. The average Bonchev–Trinajstić information content (AvgIpc) is 3.49. The Labute approximate surface area is 336 Å². The normalized spacial score (nSPS) is 20.5. The minimum absolute atomic E-state index is 0.133. The molecule has 3 aliphatic rings. The highest BCUT2D eigenvalue weighted by molar-refractivity contribution is 7.86. The Kier molecular flexibility index (Phi) is 10.3. The zero-order chi connectivity index (χ0) is 41.1. The van der Waals surface area contributed by atoms with Gasteiger partial charge in [-0.3, -0.25) is 9.11 Å². The van der Waals surface area contributed by atoms with E-state index in [9.17, 15) is 25.9 Å². The predicted molar refractivity (Wildman–Crippen MR) is 229 cm³/mol. The van der Waals surface area contributed by atoms with Crippen molar-refractivity contribution in [2.45, 2.75) is 74.1 Å². The molecule has 0 bridgehead atoms. The van der Waals surface area contributed by atoms with Crippen molar-refractivity contribution in [2.75, 3.05) is 23.9 Å². The number of nitrogens with zero attached hydrogens (tertiary/aromatic N) is 3. The summed E-state index contributed by atoms with van der Waals surface area (Å²) in [6.45, 7) is 8.66. The Bertz CT molecular complexity index is 2520. The molecule has 0 unspecified atom stereocenters. The van der Waals surface area contributed by atoms with Crippen LogP contribution in [-0.2, 0) is 37.6 Å². The molecule has 1 fully saturated rings. The summed E-state index contributed by atoms with van der Waals surface area (Å²) in [6, 6.07) is 28.0. The second-order valence-corrected chi connectivity index (χ2v) is 18.8. The molecule has 4 aromatic carbocycles. The maximum atomic E-state index is 12.1. The molecule has 10 nitrogen and oxygen atoms in total. The van der Waals surface area contributed by atoms with Crippen LogP contribution in [0, 0.1) is 0 Å². The van der Waals surface area contributed by atoms with Crippen LogP contribution < -0.4 is 20.1 Å². The molecule has 0 atom stereocenters. The molecule has 0 radical (unpaired) electrons. The van der Waals surface area contributed by atoms with Crippen LogP contribution in [0.3, 0.4) is 0 Å². The summed E-state index contributed by atoms with van der Waals surface area (Å²) in [5, 5.41) is 0. The van der Waals surface area contributed by atoms with Crippen molar-refractivity contribution in [3.8, 4) is 0 Å². The molecular formula is C45H49N4O6S2+. The standard InChI is InChI=1S/C45H48N4O6S2/c1-44(2)37-27-35(56(50,51)52)21-23-39(37)47(5)41(44)25-17-31-11-10-12-32(43(31)49(33-13-8-7-9-14-33)34-19-15-30(29-46)16-20-34)18-26-42-45(3,4)38-28-36(57(53,54)55)22-24-40(38)48(42)6/h7-9,13-28H,10-12,29,46H2,1-6H3,(H-,50,51,52,53,54,55)/p+1. The van der Waals surface area contributed by atoms with Crippen molar-refractivity contribution >= 4 is 48.7 Å². The number of benzene rings is 4. The third-order valence-corrected chi connectivity index (χ3v) is 13.4. The summed E-state index contributed by atoms with van der Waals surface area (Å²) in [4.78, 5) is 3.89. The van der Waals surface area contributed by atoms with Crippen LogP contribution >= 0.6 is 0 Å². The highest BCUT2D eigenvalue weighted by atomic mass is 32.2. The summed E-state index contributed by atoms with van der Waals surface area (Å²) in [6.07, 6.45) is 11.1. The van der Waals surface area contributed by atoms with E-state index in [0.717, 1.165) is 87.0 Å². The summed E-state index contributed by atoms with van der Waals surface area (Å²) in [5.74, 6) is 0. The van der Waals surface area contributed by atoms with E-state index in [1.54, 1.807) is 24.3 Å². The Balaban J connectivity index is 1.43. The van der Waals surface area contributed by atoms with Gasteiger partial charge in [0.15, 0.2) is 0 Å². The van der Waals surface area contributed by atoms with Gasteiger partial charge in [0.05, 0.1) is 9.79 Å². The van der Waals surface area contributed by atoms with Crippen LogP contribution in [0.25, 0.3) is 0 Å². The van der Waals surface area contributed by atoms with Crippen molar-refractivity contribution in [2.24, 2.45) is 5.73 Å². The Morgan fingerprint density at radius 1 is 0.649 bits per heavy atom. The molecule has 0 spiro atoms. The highest BCUT2D eigenvalue weighted by Gasteiger charge is 2.41. The van der Waals surface area contributed by atoms with Crippen LogP contribution in [0.1, 0.15) is 63.6 Å². The number of allylic oxidation sites excluding steroid dienone is 8. The van der Waals surface area contributed by atoms with Gasteiger partial charge in [0.25, 0.3) is 20.2 Å². The number of anilines is 2. The fourth-order valence-electron chi connectivity index (χ4n) is 8.60. The van der Waals surface area contributed by atoms with E-state index in [4.69, 9.17) is 5.73 Å². The number of hydrogen-bond donors (Lipinski definition) is 3. The molecule has 57 heavy (non-hydrogen) atoms. The molecular weight excluding hydrogens is 757 g/mol. The summed E-state index contributed by atoms with van der Waals surface area (Å²) < 4.78 is 70.4. The van der Waals surface area contributed by atoms with Gasteiger partial charge in [0.1, 0.15) is 0 Å². The fraction of sp³-hybridized carbons (Fsp3) is 0.267. The molecule has 2 heterocycles. The van der Waals surface area contributed by atoms with Crippen LogP contribution in [0.15, 0.2) is 148 Å². The van der Waals surface area contributed by atoms with Gasteiger partial charge >= 0.3 is 0 Å². The van der Waals surface area contributed by atoms with Gasteiger partial charge in [-0.05, 0) is 84.5 Å². The van der Waals surface area contributed by atoms with E-state index < -0.39 is 31.1 Å². The molecule has 0 aromatic heterocycles. The molecule has 1 saturated carbocycles. The zero-order valence-corrected chi connectivity index (χ0v) is 34.7. The molecule has 2 aliphatic heterocycles. The molecule has 0 amide bonds. The van der Waals surface area contributed by atoms with Crippen molar-refractivity contribution in [3.05, 3.63) is 155 Å². The minimum Gasteiger partial charge on any atom is -0.347 e. The van der Waals surface area contributed by atoms with Gasteiger partial charge in [-0.15, -0.1) is 0 Å². The van der Waals surface area contributed by atoms with E-state index in [-0.39, 0.29) is 9.79 Å². The average molecular weight is 806 g/mol. The Morgan fingerprint density at radius 2 is 1.09 bits per heavy atom. The van der Waals surface area contributed by atoms with Crippen LogP contribution in [0.4, 0.5) is 22.7 Å². The molecule has 12 heteroatoms. The van der Waals surface area contributed by atoms with Gasteiger partial charge in [-0.2, -0.15) is 21.4 Å². The maximum Gasteiger partial charge on any atom is 0.294 e. The van der Waals surface area contributed by atoms with Gasteiger partial charge in [-0.1, -0.05) is 70.2 Å². The lowest BCUT2D eigenvalue weighted by Crippen LogP contribution is -2.26. The van der Waals surface area contributed by atoms with Gasteiger partial charge in [-0.25, -0.2) is 0 Å². The first kappa shape index (κ1) is 40.1. The lowest BCUT2D eigenvalue weighted by atomic mass is 9.82. The van der Waals surface area contributed by atoms with E-state index in [2.05, 4.69) is 90.6 Å². The van der Waals surface area contributed by atoms with Gasteiger partial charge < -0.3 is 15.5 Å². The minimum atomic E-state index is -4.38. The van der Waals surface area contributed by atoms with Crippen molar-refractivity contribution in [3.63, 3.8) is 0 Å². The quantitative estimate of drug-likeness (QED) is 0.124. The molecule has 0 saturated heterocycles. The highest BCUT2D eigenvalue weighted by Crippen LogP contribution is 2.49. The largest absolute Gasteiger partial charge is 0.347 e. The van der Waals surface area contributed by atoms with E-state index >= 15 is 0 Å². The van der Waals surface area contributed by atoms with Gasteiger partial charge in [0.2, 0.25) is 17.1 Å². The van der Waals surface area contributed by atoms with E-state index in [0.29, 0.717) is 6.54 Å². The third kappa shape index (κ3) is 7.32. The number of rotatable bonds is 7. The van der Waals surface area contributed by atoms with Crippen LogP contribution in [0.2, 0.25) is 0 Å². The zero-order valence-electron chi connectivity index (χ0n) is 33.1. The van der Waals surface area contributed by atoms with Crippen molar-refractivity contribution in [1.29, 1.82) is 0 Å². The summed E-state index contributed by atoms with van der Waals surface area (Å²) in [5.41, 5.74) is 16.4. The second-order valence-electron chi connectivity index (χ2n) is 15.9. The van der Waals surface area contributed by atoms with Crippen LogP contribution in [0.5, 0.6) is 0 Å². The Hall–Kier alpha value is -5.11. The first-order valence-corrected chi connectivity index (χ1v) is 21.8. The number of hydrogen-bond acceptors (Lipinski definition) is 7. The van der Waals surface area contributed by atoms with Gasteiger partial charge in [0, 0.05) is 89.7 Å². The molecule has 4 N–H and O–H groups in total. The maximum absolute atomic E-state index is 12.1.